The highest BCUT2D eigenvalue weighted by Gasteiger charge is 2.28. The van der Waals surface area contributed by atoms with Crippen LogP contribution in [0.5, 0.6) is 0 Å². The smallest absolute Gasteiger partial charge is 0.212 e. The molecule has 25 heavy (non-hydrogen) atoms. The Hall–Kier alpha value is -1.56. The summed E-state index contributed by atoms with van der Waals surface area (Å²) in [6.45, 7) is 0.875. The maximum Gasteiger partial charge on any atom is 0.212 e. The predicted octanol–water partition coefficient (Wildman–Crippen LogP) is -0.180. The van der Waals surface area contributed by atoms with Crippen molar-refractivity contribution in [2.24, 2.45) is 5.92 Å². The molecule has 1 saturated heterocycles. The quantitative estimate of drug-likeness (QED) is 0.736. The monoisotopic (exact) mass is 387 g/mol. The van der Waals surface area contributed by atoms with Crippen LogP contribution in [-0.2, 0) is 26.6 Å². The van der Waals surface area contributed by atoms with Gasteiger partial charge in [0, 0.05) is 25.4 Å². The van der Waals surface area contributed by atoms with Gasteiger partial charge in [0.2, 0.25) is 20.0 Å². The first kappa shape index (κ1) is 18.2. The van der Waals surface area contributed by atoms with Crippen molar-refractivity contribution in [3.05, 3.63) is 30.2 Å². The molecule has 3 heterocycles. The van der Waals surface area contributed by atoms with E-state index in [1.54, 1.807) is 29.0 Å². The van der Waals surface area contributed by atoms with Crippen LogP contribution in [0.3, 0.4) is 0 Å². The summed E-state index contributed by atoms with van der Waals surface area (Å²) in [6.07, 6.45) is 5.49. The van der Waals surface area contributed by atoms with Crippen molar-refractivity contribution in [1.82, 2.24) is 23.6 Å². The summed E-state index contributed by atoms with van der Waals surface area (Å²) >= 11 is 0. The second kappa shape index (κ2) is 6.98. The number of nitrogens with zero attached hydrogens (tertiary/aromatic N) is 4. The van der Waals surface area contributed by atoms with Gasteiger partial charge in [-0.1, -0.05) is 0 Å². The molecule has 2 aromatic rings. The van der Waals surface area contributed by atoms with Crippen LogP contribution < -0.4 is 4.72 Å². The lowest BCUT2D eigenvalue weighted by Crippen LogP contribution is -2.40. The van der Waals surface area contributed by atoms with Gasteiger partial charge in [-0.3, -0.25) is 0 Å². The molecule has 9 nitrogen and oxygen atoms in total. The Balaban J connectivity index is 1.57. The number of fused-ring (bicyclic) bond motifs is 1. The van der Waals surface area contributed by atoms with E-state index in [-0.39, 0.29) is 18.2 Å². The molecule has 0 unspecified atom stereocenters. The molecule has 0 amide bonds. The maximum atomic E-state index is 12.3. The fourth-order valence-electron chi connectivity index (χ4n) is 2.98. The first-order valence-electron chi connectivity index (χ1n) is 7.95. The second-order valence-corrected chi connectivity index (χ2v) is 10.1. The minimum absolute atomic E-state index is 0.00205. The molecule has 0 atom stereocenters. The lowest BCUT2D eigenvalue weighted by Gasteiger charge is -2.29. The van der Waals surface area contributed by atoms with E-state index in [1.807, 2.05) is 0 Å². The van der Waals surface area contributed by atoms with E-state index in [2.05, 4.69) is 14.8 Å². The molecule has 138 valence electrons. The molecule has 0 radical (unpaired) electrons. The Bertz CT molecular complexity index is 947. The minimum atomic E-state index is -3.46. The van der Waals surface area contributed by atoms with E-state index in [1.165, 1.54) is 10.6 Å². The SMILES string of the molecule is CS(=O)(=O)N1CCC(CS(=O)(=O)NCc2ccnc3ccnn23)CC1. The molecular formula is C14H21N5O4S2. The highest BCUT2D eigenvalue weighted by atomic mass is 32.2. The first-order valence-corrected chi connectivity index (χ1v) is 11.4. The summed E-state index contributed by atoms with van der Waals surface area (Å²) in [7, 11) is -6.67. The summed E-state index contributed by atoms with van der Waals surface area (Å²) in [5, 5.41) is 4.12. The lowest BCUT2D eigenvalue weighted by molar-refractivity contribution is 0.290. The van der Waals surface area contributed by atoms with E-state index in [0.29, 0.717) is 37.3 Å². The molecule has 1 N–H and O–H groups in total. The van der Waals surface area contributed by atoms with Gasteiger partial charge in [-0.15, -0.1) is 0 Å². The zero-order chi connectivity index (χ0) is 18.1. The van der Waals surface area contributed by atoms with Gasteiger partial charge in [0.05, 0.1) is 30.4 Å². The topological polar surface area (TPSA) is 114 Å². The third kappa shape index (κ3) is 4.54. The van der Waals surface area contributed by atoms with E-state index in [9.17, 15) is 16.8 Å². The average Bonchev–Trinajstić information content (AvgIpc) is 3.01. The van der Waals surface area contributed by atoms with Crippen molar-refractivity contribution in [2.75, 3.05) is 25.1 Å². The molecule has 0 saturated carbocycles. The van der Waals surface area contributed by atoms with Gasteiger partial charge in [0.15, 0.2) is 5.65 Å². The molecule has 11 heteroatoms. The maximum absolute atomic E-state index is 12.3. The van der Waals surface area contributed by atoms with Crippen LogP contribution in [0.15, 0.2) is 24.5 Å². The van der Waals surface area contributed by atoms with E-state index >= 15 is 0 Å². The normalized spacial score (nSPS) is 18.0. The van der Waals surface area contributed by atoms with Crippen molar-refractivity contribution in [2.45, 2.75) is 19.4 Å². The summed E-state index contributed by atoms with van der Waals surface area (Å²) in [4.78, 5) is 4.14. The van der Waals surface area contributed by atoms with E-state index in [4.69, 9.17) is 0 Å². The number of sulfonamides is 2. The number of hydrogen-bond donors (Lipinski definition) is 1. The summed E-state index contributed by atoms with van der Waals surface area (Å²) in [5.74, 6) is -0.0459. The van der Waals surface area contributed by atoms with Gasteiger partial charge in [-0.2, -0.15) is 5.10 Å². The van der Waals surface area contributed by atoms with Gasteiger partial charge in [-0.05, 0) is 24.8 Å². The zero-order valence-electron chi connectivity index (χ0n) is 13.9. The van der Waals surface area contributed by atoms with Crippen LogP contribution in [0.1, 0.15) is 18.5 Å². The number of hydrogen-bond acceptors (Lipinski definition) is 6. The first-order chi connectivity index (χ1) is 11.7. The van der Waals surface area contributed by atoms with Crippen molar-refractivity contribution in [3.63, 3.8) is 0 Å². The number of rotatable bonds is 6. The van der Waals surface area contributed by atoms with E-state index < -0.39 is 20.0 Å². The number of nitrogens with one attached hydrogen (secondary N) is 1. The van der Waals surface area contributed by atoms with Crippen LogP contribution in [0.4, 0.5) is 0 Å². The Labute approximate surface area is 147 Å². The molecule has 0 bridgehead atoms. The molecule has 1 aliphatic rings. The van der Waals surface area contributed by atoms with Crippen molar-refractivity contribution >= 4 is 25.7 Å². The molecule has 1 fully saturated rings. The molecule has 3 rings (SSSR count). The number of aromatic nitrogens is 3. The standard InChI is InChI=1S/C14H21N5O4S2/c1-24(20,21)18-8-4-12(5-9-18)11-25(22,23)17-10-13-2-6-15-14-3-7-16-19(13)14/h2-3,6-7,12,17H,4-5,8-11H2,1H3. The van der Waals surface area contributed by atoms with Crippen LogP contribution in [0, 0.1) is 5.92 Å². The predicted molar refractivity (Wildman–Crippen MR) is 92.8 cm³/mol. The van der Waals surface area contributed by atoms with Crippen LogP contribution in [0.25, 0.3) is 5.65 Å². The molecule has 1 aliphatic heterocycles. The largest absolute Gasteiger partial charge is 0.237 e. The van der Waals surface area contributed by atoms with Gasteiger partial charge >= 0.3 is 0 Å². The highest BCUT2D eigenvalue weighted by Crippen LogP contribution is 2.20. The van der Waals surface area contributed by atoms with Crippen LogP contribution in [-0.4, -0.2) is 60.8 Å². The lowest BCUT2D eigenvalue weighted by atomic mass is 10.0. The minimum Gasteiger partial charge on any atom is -0.237 e. The van der Waals surface area contributed by atoms with Gasteiger partial charge in [0.25, 0.3) is 0 Å². The fraction of sp³-hybridized carbons (Fsp3) is 0.571. The van der Waals surface area contributed by atoms with Crippen LogP contribution in [0.2, 0.25) is 0 Å². The average molecular weight is 387 g/mol. The second-order valence-electron chi connectivity index (χ2n) is 6.25. The summed E-state index contributed by atoms with van der Waals surface area (Å²) in [5.41, 5.74) is 1.36. The summed E-state index contributed by atoms with van der Waals surface area (Å²) < 4.78 is 53.3. The molecule has 0 aliphatic carbocycles. The molecule has 0 spiro atoms. The Morgan fingerprint density at radius 2 is 1.88 bits per heavy atom. The Morgan fingerprint density at radius 1 is 1.16 bits per heavy atom. The van der Waals surface area contributed by atoms with Crippen molar-refractivity contribution in [1.29, 1.82) is 0 Å². The fourth-order valence-corrected chi connectivity index (χ4v) is 5.29. The molecule has 0 aromatic carbocycles. The van der Waals surface area contributed by atoms with E-state index in [0.717, 1.165) is 0 Å². The molecule has 2 aromatic heterocycles. The van der Waals surface area contributed by atoms with Gasteiger partial charge < -0.3 is 0 Å². The van der Waals surface area contributed by atoms with Crippen molar-refractivity contribution in [3.8, 4) is 0 Å². The third-order valence-electron chi connectivity index (χ3n) is 4.34. The number of piperidine rings is 1. The van der Waals surface area contributed by atoms with Crippen molar-refractivity contribution < 1.29 is 16.8 Å². The van der Waals surface area contributed by atoms with Gasteiger partial charge in [0.1, 0.15) is 0 Å². The molecular weight excluding hydrogens is 366 g/mol. The Kier molecular flexibility index (Phi) is 5.09. The Morgan fingerprint density at radius 3 is 2.56 bits per heavy atom. The third-order valence-corrected chi connectivity index (χ3v) is 7.14. The summed E-state index contributed by atoms with van der Waals surface area (Å²) in [6, 6.07) is 3.46. The highest BCUT2D eigenvalue weighted by molar-refractivity contribution is 7.89. The van der Waals surface area contributed by atoms with Crippen LogP contribution >= 0.6 is 0 Å². The zero-order valence-corrected chi connectivity index (χ0v) is 15.5. The van der Waals surface area contributed by atoms with Gasteiger partial charge in [-0.25, -0.2) is 35.4 Å².